The third-order valence-corrected chi connectivity index (χ3v) is 10.1. The number of rotatable bonds is 2. The molecule has 4 aliphatic heterocycles. The molecule has 0 bridgehead atoms. The Kier molecular flexibility index (Phi) is 8.12. The molecular weight excluding hydrogens is 640 g/mol. The van der Waals surface area contributed by atoms with Crippen molar-refractivity contribution in [3.05, 3.63) is 23.3 Å². The van der Waals surface area contributed by atoms with Crippen LogP contribution in [0, 0.1) is 11.8 Å². The Morgan fingerprint density at radius 1 is 0.438 bits per heavy atom. The van der Waals surface area contributed by atoms with Crippen molar-refractivity contribution >= 4 is 35.8 Å². The van der Waals surface area contributed by atoms with Gasteiger partial charge in [-0.1, -0.05) is 12.8 Å². The molecule has 7 aliphatic rings. The van der Waals surface area contributed by atoms with Crippen molar-refractivity contribution in [2.45, 2.75) is 126 Å². The molecule has 4 heterocycles. The summed E-state index contributed by atoms with van der Waals surface area (Å²) in [5.74, 6) is -14.9. The van der Waals surface area contributed by atoms with E-state index in [0.29, 0.717) is 25.7 Å². The molecule has 16 heteroatoms. The average molecular weight is 677 g/mol. The topological polar surface area (TPSA) is 217 Å². The summed E-state index contributed by atoms with van der Waals surface area (Å²) in [6.45, 7) is 0. The molecule has 3 aliphatic carbocycles. The van der Waals surface area contributed by atoms with E-state index in [1.807, 2.05) is 0 Å². The fourth-order valence-corrected chi connectivity index (χ4v) is 7.45. The minimum absolute atomic E-state index is 0.141. The second kappa shape index (κ2) is 11.9. The number of aliphatic hydroxyl groups excluding tert-OH is 2. The van der Waals surface area contributed by atoms with E-state index >= 15 is 0 Å². The van der Waals surface area contributed by atoms with E-state index in [0.717, 1.165) is 50.7 Å². The van der Waals surface area contributed by atoms with Gasteiger partial charge in [0.05, 0.1) is 0 Å². The summed E-state index contributed by atoms with van der Waals surface area (Å²) < 4.78 is 44.2. The van der Waals surface area contributed by atoms with E-state index in [2.05, 4.69) is 0 Å². The Morgan fingerprint density at radius 3 is 1.04 bits per heavy atom. The van der Waals surface area contributed by atoms with Crippen LogP contribution in [0.4, 0.5) is 0 Å². The van der Waals surface area contributed by atoms with E-state index in [1.54, 1.807) is 0 Å². The summed E-state index contributed by atoms with van der Waals surface area (Å²) in [6, 6.07) is 0. The smallest absolute Gasteiger partial charge is 0.348 e. The van der Waals surface area contributed by atoms with Crippen LogP contribution in [-0.2, 0) is 66.7 Å². The number of aliphatic hydroxyl groups is 2. The highest BCUT2D eigenvalue weighted by Crippen LogP contribution is 2.47. The van der Waals surface area contributed by atoms with Crippen molar-refractivity contribution < 1.29 is 76.9 Å². The van der Waals surface area contributed by atoms with Crippen molar-refractivity contribution in [1.82, 2.24) is 0 Å². The second-order valence-corrected chi connectivity index (χ2v) is 13.4. The summed E-state index contributed by atoms with van der Waals surface area (Å²) in [5.41, 5.74) is -1.11. The van der Waals surface area contributed by atoms with Crippen LogP contribution in [0.5, 0.6) is 0 Å². The molecule has 4 unspecified atom stereocenters. The normalized spacial score (nSPS) is 37.7. The lowest BCUT2D eigenvalue weighted by Crippen LogP contribution is -2.59. The first-order valence-corrected chi connectivity index (χ1v) is 16.4. The molecule has 7 fully saturated rings. The van der Waals surface area contributed by atoms with Gasteiger partial charge in [-0.25, -0.2) is 19.2 Å². The van der Waals surface area contributed by atoms with Gasteiger partial charge in [0.2, 0.25) is 11.6 Å². The molecule has 0 amide bonds. The lowest BCUT2D eigenvalue weighted by atomic mass is 9.86. The molecule has 0 radical (unpaired) electrons. The zero-order valence-corrected chi connectivity index (χ0v) is 26.0. The van der Waals surface area contributed by atoms with Crippen LogP contribution in [0.3, 0.4) is 0 Å². The Bertz CT molecular complexity index is 1320. The van der Waals surface area contributed by atoms with E-state index < -0.39 is 94.5 Å². The van der Waals surface area contributed by atoms with E-state index in [1.165, 1.54) is 0 Å². The van der Waals surface area contributed by atoms with Crippen LogP contribution in [0.25, 0.3) is 0 Å². The van der Waals surface area contributed by atoms with Gasteiger partial charge < -0.3 is 48.1 Å². The van der Waals surface area contributed by atoms with Crippen LogP contribution in [-0.4, -0.2) is 81.8 Å². The SMILES string of the molecule is O=C1OC2(CCCCC2)OC(=O)C1=CC1C(=O)OC2(CCC3(CC2)OC(=O)C(C=C2C(=O)OC4(CCCCC4)OC2=O)C(O)O3)OC1O. The first-order valence-electron chi connectivity index (χ1n) is 16.4. The zero-order valence-electron chi connectivity index (χ0n) is 26.0. The van der Waals surface area contributed by atoms with Gasteiger partial charge in [0, 0.05) is 51.4 Å². The van der Waals surface area contributed by atoms with Gasteiger partial charge in [-0.05, 0) is 37.8 Å². The highest BCUT2D eigenvalue weighted by atomic mass is 16.8. The van der Waals surface area contributed by atoms with Crippen LogP contribution in [0.15, 0.2) is 23.3 Å². The van der Waals surface area contributed by atoms with Crippen molar-refractivity contribution in [1.29, 1.82) is 0 Å². The molecule has 0 aromatic heterocycles. The van der Waals surface area contributed by atoms with Gasteiger partial charge in [-0.3, -0.25) is 9.59 Å². The van der Waals surface area contributed by atoms with Gasteiger partial charge in [-0.15, -0.1) is 0 Å². The van der Waals surface area contributed by atoms with Gasteiger partial charge >= 0.3 is 35.8 Å². The Labute approximate surface area is 273 Å². The molecule has 0 aromatic rings. The Hall–Kier alpha value is -3.86. The molecule has 4 atom stereocenters. The van der Waals surface area contributed by atoms with Crippen molar-refractivity contribution in [2.75, 3.05) is 0 Å². The third kappa shape index (κ3) is 5.88. The highest BCUT2D eigenvalue weighted by molar-refractivity contribution is 6.16. The molecule has 4 spiro atoms. The fourth-order valence-electron chi connectivity index (χ4n) is 7.45. The van der Waals surface area contributed by atoms with Crippen molar-refractivity contribution in [3.8, 4) is 0 Å². The predicted molar refractivity (Wildman–Crippen MR) is 149 cm³/mol. The Morgan fingerprint density at radius 2 is 0.750 bits per heavy atom. The molecule has 3 saturated carbocycles. The van der Waals surface area contributed by atoms with E-state index in [4.69, 9.17) is 37.9 Å². The number of ether oxygens (including phenoxy) is 8. The molecule has 48 heavy (non-hydrogen) atoms. The average Bonchev–Trinajstić information content (AvgIpc) is 3.01. The summed E-state index contributed by atoms with van der Waals surface area (Å²) in [7, 11) is 0. The van der Waals surface area contributed by atoms with E-state index in [9.17, 15) is 39.0 Å². The number of hydrogen-bond donors (Lipinski definition) is 2. The van der Waals surface area contributed by atoms with Crippen LogP contribution >= 0.6 is 0 Å². The fraction of sp³-hybridized carbons (Fsp3) is 0.688. The number of carbonyl (C=O) groups is 6. The predicted octanol–water partition coefficient (Wildman–Crippen LogP) is 1.34. The van der Waals surface area contributed by atoms with Gasteiger partial charge in [0.1, 0.15) is 23.0 Å². The molecule has 16 nitrogen and oxygen atoms in total. The monoisotopic (exact) mass is 676 g/mol. The minimum atomic E-state index is -1.82. The zero-order chi connectivity index (χ0) is 33.9. The van der Waals surface area contributed by atoms with Crippen LogP contribution in [0.1, 0.15) is 89.9 Å². The van der Waals surface area contributed by atoms with Gasteiger partial charge in [-0.2, -0.15) is 0 Å². The maximum atomic E-state index is 13.1. The number of esters is 6. The summed E-state index contributed by atoms with van der Waals surface area (Å²) in [4.78, 5) is 77.0. The molecular formula is C32H36O16. The lowest BCUT2D eigenvalue weighted by Gasteiger charge is -2.50. The first kappa shape index (κ1) is 32.7. The minimum Gasteiger partial charge on any atom is -0.432 e. The summed E-state index contributed by atoms with van der Waals surface area (Å²) >= 11 is 0. The van der Waals surface area contributed by atoms with E-state index in [-0.39, 0.29) is 25.7 Å². The molecule has 260 valence electrons. The maximum Gasteiger partial charge on any atom is 0.348 e. The third-order valence-electron chi connectivity index (χ3n) is 10.1. The maximum absolute atomic E-state index is 13.1. The van der Waals surface area contributed by atoms with Gasteiger partial charge in [0.15, 0.2) is 12.6 Å². The largest absolute Gasteiger partial charge is 0.432 e. The number of carbonyl (C=O) groups excluding carboxylic acids is 6. The molecule has 0 aromatic carbocycles. The van der Waals surface area contributed by atoms with Crippen molar-refractivity contribution in [2.24, 2.45) is 11.8 Å². The summed E-state index contributed by atoms with van der Waals surface area (Å²) in [6.07, 6.45) is 3.84. The standard InChI is InChI=1S/C32H36O16/c33-21-17(22(34)42-29(41-21)7-3-1-4-8-29)15-19-25(37)45-31(46-26(19)38)11-13-32(14-12-31)47-27(39)20(28(40)48-32)16-18-23(35)43-30(44-24(18)36)9-5-2-6-10-30/h15-16,19-20,25,27,37,39H,1-14H2. The quantitative estimate of drug-likeness (QED) is 0.183. The second-order valence-electron chi connectivity index (χ2n) is 13.4. The first-order chi connectivity index (χ1) is 22.8. The van der Waals surface area contributed by atoms with Crippen molar-refractivity contribution in [3.63, 3.8) is 0 Å². The molecule has 7 rings (SSSR count). The Balaban J connectivity index is 0.974. The number of hydrogen-bond acceptors (Lipinski definition) is 16. The van der Waals surface area contributed by atoms with Crippen LogP contribution < -0.4 is 0 Å². The molecule has 4 saturated heterocycles. The van der Waals surface area contributed by atoms with Gasteiger partial charge in [0.25, 0.3) is 11.6 Å². The summed E-state index contributed by atoms with van der Waals surface area (Å²) in [5, 5.41) is 21.6. The lowest BCUT2D eigenvalue weighted by molar-refractivity contribution is -0.377. The highest BCUT2D eigenvalue weighted by Gasteiger charge is 2.58. The van der Waals surface area contributed by atoms with Crippen LogP contribution in [0.2, 0.25) is 0 Å². The molecule has 2 N–H and O–H groups in total.